The first-order valence-corrected chi connectivity index (χ1v) is 9.82. The molecule has 1 aliphatic rings. The van der Waals surface area contributed by atoms with Crippen molar-refractivity contribution in [2.45, 2.75) is 32.1 Å². The third-order valence-electron chi connectivity index (χ3n) is 4.53. The lowest BCUT2D eigenvalue weighted by atomic mass is 9.89. The minimum Gasteiger partial charge on any atom is -0.423 e. The summed E-state index contributed by atoms with van der Waals surface area (Å²) in [5.41, 5.74) is 3.90. The van der Waals surface area contributed by atoms with Gasteiger partial charge in [-0.1, -0.05) is 35.2 Å². The van der Waals surface area contributed by atoms with E-state index in [4.69, 9.17) is 4.74 Å². The molecule has 0 spiro atoms. The van der Waals surface area contributed by atoms with Crippen LogP contribution in [0.4, 0.5) is 0 Å². The van der Waals surface area contributed by atoms with Gasteiger partial charge in [-0.05, 0) is 66.9 Å². The number of rotatable bonds is 5. The van der Waals surface area contributed by atoms with Crippen molar-refractivity contribution < 1.29 is 14.3 Å². The zero-order chi connectivity index (χ0) is 19.1. The maximum Gasteiger partial charge on any atom is 0.343 e. The van der Waals surface area contributed by atoms with E-state index in [1.165, 1.54) is 6.42 Å². The second-order valence-electron chi connectivity index (χ2n) is 6.53. The van der Waals surface area contributed by atoms with E-state index in [2.05, 4.69) is 26.5 Å². The van der Waals surface area contributed by atoms with Crippen molar-refractivity contribution in [2.75, 3.05) is 0 Å². The van der Waals surface area contributed by atoms with E-state index >= 15 is 0 Å². The molecule has 6 heteroatoms. The quantitative estimate of drug-likeness (QED) is 0.324. The van der Waals surface area contributed by atoms with E-state index in [1.807, 2.05) is 0 Å². The van der Waals surface area contributed by atoms with Gasteiger partial charge in [-0.15, -0.1) is 0 Å². The highest BCUT2D eigenvalue weighted by atomic mass is 79.9. The number of nitrogens with zero attached hydrogens (tertiary/aromatic N) is 1. The van der Waals surface area contributed by atoms with Crippen LogP contribution in [-0.4, -0.2) is 18.1 Å². The molecule has 1 amide bonds. The predicted molar refractivity (Wildman–Crippen MR) is 108 cm³/mol. The first-order chi connectivity index (χ1) is 13.1. The lowest BCUT2D eigenvalue weighted by molar-refractivity contribution is -0.125. The van der Waals surface area contributed by atoms with Gasteiger partial charge in [0.1, 0.15) is 5.75 Å². The highest BCUT2D eigenvalue weighted by Crippen LogP contribution is 2.23. The maximum atomic E-state index is 12.1. The Balaban J connectivity index is 1.51. The molecule has 0 unspecified atom stereocenters. The fourth-order valence-corrected chi connectivity index (χ4v) is 3.26. The van der Waals surface area contributed by atoms with Crippen LogP contribution in [0.1, 0.15) is 48.0 Å². The van der Waals surface area contributed by atoms with Crippen LogP contribution in [0, 0.1) is 5.92 Å². The van der Waals surface area contributed by atoms with Gasteiger partial charge in [-0.2, -0.15) is 5.10 Å². The lowest BCUT2D eigenvalue weighted by Gasteiger charge is -2.19. The van der Waals surface area contributed by atoms with Crippen molar-refractivity contribution in [3.8, 4) is 5.75 Å². The average Bonchev–Trinajstić information content (AvgIpc) is 2.70. The minimum absolute atomic E-state index is 0.00834. The van der Waals surface area contributed by atoms with E-state index in [9.17, 15) is 9.59 Å². The molecule has 140 valence electrons. The molecule has 1 N–H and O–H groups in total. The van der Waals surface area contributed by atoms with Crippen LogP contribution in [0.5, 0.6) is 5.75 Å². The summed E-state index contributed by atoms with van der Waals surface area (Å²) >= 11 is 3.33. The highest BCUT2D eigenvalue weighted by molar-refractivity contribution is 9.10. The molecule has 0 aromatic heterocycles. The molecule has 5 nitrogen and oxygen atoms in total. The third kappa shape index (κ3) is 5.76. The molecule has 27 heavy (non-hydrogen) atoms. The van der Waals surface area contributed by atoms with Crippen molar-refractivity contribution in [3.05, 3.63) is 64.1 Å². The monoisotopic (exact) mass is 428 g/mol. The second-order valence-corrected chi connectivity index (χ2v) is 7.45. The Morgan fingerprint density at radius 1 is 1.00 bits per heavy atom. The maximum absolute atomic E-state index is 12.1. The van der Waals surface area contributed by atoms with Gasteiger partial charge in [0, 0.05) is 10.4 Å². The Kier molecular flexibility index (Phi) is 6.76. The Morgan fingerprint density at radius 3 is 2.33 bits per heavy atom. The summed E-state index contributed by atoms with van der Waals surface area (Å²) in [7, 11) is 0. The second kappa shape index (κ2) is 9.46. The number of benzene rings is 2. The van der Waals surface area contributed by atoms with Gasteiger partial charge in [0.05, 0.1) is 11.8 Å². The Hall–Kier alpha value is -2.47. The molecule has 0 atom stereocenters. The number of hydrogen-bond donors (Lipinski definition) is 1. The molecule has 1 saturated carbocycles. The van der Waals surface area contributed by atoms with E-state index in [1.54, 1.807) is 54.7 Å². The highest BCUT2D eigenvalue weighted by Gasteiger charge is 2.20. The zero-order valence-corrected chi connectivity index (χ0v) is 16.4. The standard InChI is InChI=1S/C21H21BrN2O3/c22-18-10-8-17(9-11-18)21(26)27-19-12-6-15(7-13-19)14-23-24-20(25)16-4-2-1-3-5-16/h6-14,16H,1-5H2,(H,24,25). The Morgan fingerprint density at radius 2 is 1.67 bits per heavy atom. The summed E-state index contributed by atoms with van der Waals surface area (Å²) in [6.45, 7) is 0. The van der Waals surface area contributed by atoms with Crippen LogP contribution in [0.15, 0.2) is 58.1 Å². The fourth-order valence-electron chi connectivity index (χ4n) is 3.00. The molecule has 0 heterocycles. The number of hydrogen-bond acceptors (Lipinski definition) is 4. The van der Waals surface area contributed by atoms with Crippen LogP contribution >= 0.6 is 15.9 Å². The smallest absolute Gasteiger partial charge is 0.343 e. The summed E-state index contributed by atoms with van der Waals surface area (Å²) in [6.07, 6.45) is 6.91. The van der Waals surface area contributed by atoms with Gasteiger partial charge in [0.25, 0.3) is 0 Å². The Labute approximate surface area is 166 Å². The van der Waals surface area contributed by atoms with Gasteiger partial charge in [-0.25, -0.2) is 10.2 Å². The van der Waals surface area contributed by atoms with Gasteiger partial charge in [0.2, 0.25) is 5.91 Å². The van der Waals surface area contributed by atoms with Crippen molar-refractivity contribution in [1.29, 1.82) is 0 Å². The van der Waals surface area contributed by atoms with E-state index in [0.29, 0.717) is 11.3 Å². The van der Waals surface area contributed by atoms with Crippen molar-refractivity contribution >= 4 is 34.0 Å². The summed E-state index contributed by atoms with van der Waals surface area (Å²) in [5, 5.41) is 4.03. The number of hydrazone groups is 1. The SMILES string of the molecule is O=C(Oc1ccc(C=NNC(=O)C2CCCCC2)cc1)c1ccc(Br)cc1. The number of ether oxygens (including phenoxy) is 1. The third-order valence-corrected chi connectivity index (χ3v) is 5.06. The van der Waals surface area contributed by atoms with E-state index < -0.39 is 5.97 Å². The molecule has 2 aromatic rings. The number of amides is 1. The molecule has 0 aliphatic heterocycles. The number of nitrogens with one attached hydrogen (secondary N) is 1. The van der Waals surface area contributed by atoms with Gasteiger partial charge in [0.15, 0.2) is 0 Å². The Bertz CT molecular complexity index is 810. The van der Waals surface area contributed by atoms with Gasteiger partial charge >= 0.3 is 5.97 Å². The zero-order valence-electron chi connectivity index (χ0n) is 14.9. The molecule has 1 fully saturated rings. The lowest BCUT2D eigenvalue weighted by Crippen LogP contribution is -2.28. The molecular formula is C21H21BrN2O3. The normalized spacial score (nSPS) is 14.9. The number of halogens is 1. The minimum atomic E-state index is -0.413. The first kappa shape index (κ1) is 19.3. The van der Waals surface area contributed by atoms with Crippen LogP contribution in [0.25, 0.3) is 0 Å². The molecule has 1 aliphatic carbocycles. The average molecular weight is 429 g/mol. The predicted octanol–water partition coefficient (Wildman–Crippen LogP) is 4.70. The summed E-state index contributed by atoms with van der Waals surface area (Å²) < 4.78 is 6.25. The number of carbonyl (C=O) groups excluding carboxylic acids is 2. The largest absolute Gasteiger partial charge is 0.423 e. The molecular weight excluding hydrogens is 408 g/mol. The molecule has 0 saturated heterocycles. The van der Waals surface area contributed by atoms with Gasteiger partial charge < -0.3 is 4.74 Å². The number of esters is 1. The van der Waals surface area contributed by atoms with Crippen LogP contribution in [0.2, 0.25) is 0 Å². The van der Waals surface area contributed by atoms with Crippen molar-refractivity contribution in [1.82, 2.24) is 5.43 Å². The topological polar surface area (TPSA) is 67.8 Å². The summed E-state index contributed by atoms with van der Waals surface area (Å²) in [6, 6.07) is 13.9. The van der Waals surface area contributed by atoms with Crippen molar-refractivity contribution in [3.63, 3.8) is 0 Å². The molecule has 3 rings (SSSR count). The van der Waals surface area contributed by atoms with Crippen LogP contribution < -0.4 is 10.2 Å². The van der Waals surface area contributed by atoms with Gasteiger partial charge in [-0.3, -0.25) is 4.79 Å². The summed E-state index contributed by atoms with van der Waals surface area (Å²) in [4.78, 5) is 24.1. The molecule has 2 aromatic carbocycles. The summed E-state index contributed by atoms with van der Waals surface area (Å²) in [5.74, 6) is 0.109. The first-order valence-electron chi connectivity index (χ1n) is 9.02. The van der Waals surface area contributed by atoms with E-state index in [0.717, 1.165) is 35.7 Å². The molecule has 0 bridgehead atoms. The fraction of sp³-hybridized carbons (Fsp3) is 0.286. The van der Waals surface area contributed by atoms with Crippen LogP contribution in [0.3, 0.4) is 0 Å². The number of carbonyl (C=O) groups is 2. The molecule has 0 radical (unpaired) electrons. The van der Waals surface area contributed by atoms with Crippen LogP contribution in [-0.2, 0) is 4.79 Å². The van der Waals surface area contributed by atoms with Crippen molar-refractivity contribution in [2.24, 2.45) is 11.0 Å². The van der Waals surface area contributed by atoms with E-state index in [-0.39, 0.29) is 11.8 Å².